The van der Waals surface area contributed by atoms with Gasteiger partial charge in [0, 0.05) is 29.8 Å². The minimum absolute atomic E-state index is 0.0891. The van der Waals surface area contributed by atoms with Crippen molar-refractivity contribution in [2.45, 2.75) is 33.2 Å². The third-order valence-electron chi connectivity index (χ3n) is 4.68. The molecular weight excluding hydrogens is 334 g/mol. The Bertz CT molecular complexity index is 961. The zero-order valence-corrected chi connectivity index (χ0v) is 15.0. The van der Waals surface area contributed by atoms with Gasteiger partial charge in [-0.05, 0) is 26.8 Å². The molecule has 136 valence electrons. The molecule has 1 N–H and O–H groups in total. The molecule has 0 spiro atoms. The molecule has 0 unspecified atom stereocenters. The van der Waals surface area contributed by atoms with Crippen LogP contribution in [0.4, 0.5) is 0 Å². The highest BCUT2D eigenvalue weighted by molar-refractivity contribution is 5.99. The van der Waals surface area contributed by atoms with Gasteiger partial charge in [-0.1, -0.05) is 5.16 Å². The van der Waals surface area contributed by atoms with Crippen molar-refractivity contribution >= 4 is 11.6 Å². The topological polar surface area (TPSA) is 94.5 Å². The molecule has 1 aliphatic rings. The van der Waals surface area contributed by atoms with E-state index in [0.717, 1.165) is 22.8 Å². The van der Waals surface area contributed by atoms with Gasteiger partial charge in [-0.15, -0.1) is 0 Å². The SMILES string of the molecule is Cc1cc(C[C@H]2COC[C@H]2NC(=O)c2cnn3c(C)cc(C)nc23)on1. The number of aryl methyl sites for hydroxylation is 3. The summed E-state index contributed by atoms with van der Waals surface area (Å²) in [6, 6.07) is 3.76. The fourth-order valence-electron chi connectivity index (χ4n) is 3.41. The monoisotopic (exact) mass is 355 g/mol. The molecular formula is C18H21N5O3. The van der Waals surface area contributed by atoms with Crippen LogP contribution in [0.25, 0.3) is 5.65 Å². The third-order valence-corrected chi connectivity index (χ3v) is 4.68. The highest BCUT2D eigenvalue weighted by atomic mass is 16.5. The number of nitrogens with one attached hydrogen (secondary N) is 1. The largest absolute Gasteiger partial charge is 0.379 e. The Kier molecular flexibility index (Phi) is 4.20. The van der Waals surface area contributed by atoms with Crippen LogP contribution in [0.5, 0.6) is 0 Å². The molecule has 3 aromatic rings. The van der Waals surface area contributed by atoms with Crippen LogP contribution in [0, 0.1) is 26.7 Å². The first-order chi connectivity index (χ1) is 12.5. The fourth-order valence-corrected chi connectivity index (χ4v) is 3.41. The van der Waals surface area contributed by atoms with Crippen LogP contribution < -0.4 is 5.32 Å². The fraction of sp³-hybridized carbons (Fsp3) is 0.444. The molecule has 0 aromatic carbocycles. The zero-order valence-electron chi connectivity index (χ0n) is 15.0. The van der Waals surface area contributed by atoms with Crippen LogP contribution in [0.2, 0.25) is 0 Å². The Balaban J connectivity index is 1.52. The molecule has 0 radical (unpaired) electrons. The van der Waals surface area contributed by atoms with Crippen LogP contribution >= 0.6 is 0 Å². The maximum atomic E-state index is 12.8. The minimum Gasteiger partial charge on any atom is -0.379 e. The van der Waals surface area contributed by atoms with Gasteiger partial charge in [-0.2, -0.15) is 5.10 Å². The molecule has 1 aliphatic heterocycles. The van der Waals surface area contributed by atoms with E-state index < -0.39 is 0 Å². The number of hydrogen-bond acceptors (Lipinski definition) is 6. The second-order valence-electron chi connectivity index (χ2n) is 6.85. The Labute approximate surface area is 150 Å². The quantitative estimate of drug-likeness (QED) is 0.764. The number of nitrogens with zero attached hydrogens (tertiary/aromatic N) is 4. The standard InChI is InChI=1S/C18H21N5O3/c1-10-4-12(3)23-17(20-10)15(7-19-23)18(24)21-16-9-25-8-13(16)6-14-5-11(2)22-26-14/h4-5,7,13,16H,6,8-9H2,1-3H3,(H,21,24)/t13-,16+/m0/s1. The molecule has 1 fully saturated rings. The molecule has 26 heavy (non-hydrogen) atoms. The van der Waals surface area contributed by atoms with Gasteiger partial charge in [-0.25, -0.2) is 9.50 Å². The average Bonchev–Trinajstić information content (AvgIpc) is 3.29. The lowest BCUT2D eigenvalue weighted by molar-refractivity contribution is 0.0926. The van der Waals surface area contributed by atoms with Crippen molar-refractivity contribution in [1.29, 1.82) is 0 Å². The smallest absolute Gasteiger partial charge is 0.257 e. The number of aromatic nitrogens is 4. The molecule has 0 aliphatic carbocycles. The predicted molar refractivity (Wildman–Crippen MR) is 93.0 cm³/mol. The highest BCUT2D eigenvalue weighted by Gasteiger charge is 2.31. The van der Waals surface area contributed by atoms with Gasteiger partial charge >= 0.3 is 0 Å². The van der Waals surface area contributed by atoms with Crippen molar-refractivity contribution in [3.63, 3.8) is 0 Å². The van der Waals surface area contributed by atoms with Crippen LogP contribution in [-0.4, -0.2) is 44.9 Å². The minimum atomic E-state index is -0.188. The van der Waals surface area contributed by atoms with E-state index in [4.69, 9.17) is 9.26 Å². The van der Waals surface area contributed by atoms with Gasteiger partial charge in [0.2, 0.25) is 0 Å². The molecule has 4 rings (SSSR count). The second-order valence-corrected chi connectivity index (χ2v) is 6.85. The van der Waals surface area contributed by atoms with Gasteiger partial charge in [0.25, 0.3) is 5.91 Å². The van der Waals surface area contributed by atoms with Gasteiger partial charge in [0.15, 0.2) is 5.65 Å². The van der Waals surface area contributed by atoms with E-state index in [-0.39, 0.29) is 17.9 Å². The summed E-state index contributed by atoms with van der Waals surface area (Å²) in [6.07, 6.45) is 2.24. The summed E-state index contributed by atoms with van der Waals surface area (Å²) < 4.78 is 12.6. The molecule has 0 saturated carbocycles. The van der Waals surface area contributed by atoms with Crippen molar-refractivity contribution in [3.05, 3.63) is 46.7 Å². The first kappa shape index (κ1) is 16.7. The molecule has 1 amide bonds. The van der Waals surface area contributed by atoms with E-state index in [1.165, 1.54) is 0 Å². The second kappa shape index (κ2) is 6.53. The maximum absolute atomic E-state index is 12.8. The average molecular weight is 355 g/mol. The summed E-state index contributed by atoms with van der Waals surface area (Å²) in [4.78, 5) is 17.3. The number of rotatable bonds is 4. The number of ether oxygens (including phenoxy) is 1. The van der Waals surface area contributed by atoms with E-state index in [0.29, 0.717) is 30.8 Å². The molecule has 4 heterocycles. The third kappa shape index (κ3) is 3.08. The maximum Gasteiger partial charge on any atom is 0.257 e. The summed E-state index contributed by atoms with van der Waals surface area (Å²) in [5.41, 5.74) is 3.68. The lowest BCUT2D eigenvalue weighted by Crippen LogP contribution is -2.40. The highest BCUT2D eigenvalue weighted by Crippen LogP contribution is 2.21. The Morgan fingerprint density at radius 1 is 1.27 bits per heavy atom. The van der Waals surface area contributed by atoms with Crippen molar-refractivity contribution in [2.75, 3.05) is 13.2 Å². The number of carbonyl (C=O) groups is 1. The number of amides is 1. The molecule has 0 bridgehead atoms. The van der Waals surface area contributed by atoms with Gasteiger partial charge in [0.05, 0.1) is 31.1 Å². The van der Waals surface area contributed by atoms with Gasteiger partial charge < -0.3 is 14.6 Å². The van der Waals surface area contributed by atoms with Crippen molar-refractivity contribution < 1.29 is 14.1 Å². The first-order valence-electron chi connectivity index (χ1n) is 8.64. The lowest BCUT2D eigenvalue weighted by Gasteiger charge is -2.17. The normalized spacial score (nSPS) is 20.0. The molecule has 1 saturated heterocycles. The van der Waals surface area contributed by atoms with Crippen molar-refractivity contribution in [2.24, 2.45) is 5.92 Å². The summed E-state index contributed by atoms with van der Waals surface area (Å²) in [5, 5.41) is 11.3. The van der Waals surface area contributed by atoms with Crippen LogP contribution in [0.15, 0.2) is 22.9 Å². The van der Waals surface area contributed by atoms with E-state index in [1.54, 1.807) is 10.7 Å². The predicted octanol–water partition coefficient (Wildman–Crippen LogP) is 1.63. The van der Waals surface area contributed by atoms with E-state index in [9.17, 15) is 4.79 Å². The Morgan fingerprint density at radius 2 is 2.12 bits per heavy atom. The van der Waals surface area contributed by atoms with Crippen LogP contribution in [0.3, 0.4) is 0 Å². The lowest BCUT2D eigenvalue weighted by atomic mass is 9.98. The summed E-state index contributed by atoms with van der Waals surface area (Å²) >= 11 is 0. The summed E-state index contributed by atoms with van der Waals surface area (Å²) in [5.74, 6) is 0.762. The van der Waals surface area contributed by atoms with Gasteiger partial charge in [-0.3, -0.25) is 4.79 Å². The Morgan fingerprint density at radius 3 is 2.88 bits per heavy atom. The van der Waals surface area contributed by atoms with E-state index in [1.807, 2.05) is 32.9 Å². The molecule has 8 nitrogen and oxygen atoms in total. The number of carbonyl (C=O) groups excluding carboxylic acids is 1. The van der Waals surface area contributed by atoms with Crippen LogP contribution in [0.1, 0.15) is 33.2 Å². The zero-order chi connectivity index (χ0) is 18.3. The molecule has 3 aromatic heterocycles. The number of hydrogen-bond donors (Lipinski definition) is 1. The van der Waals surface area contributed by atoms with Crippen molar-refractivity contribution in [3.8, 4) is 0 Å². The van der Waals surface area contributed by atoms with Crippen molar-refractivity contribution in [1.82, 2.24) is 25.1 Å². The van der Waals surface area contributed by atoms with Gasteiger partial charge in [0.1, 0.15) is 11.3 Å². The molecule has 2 atom stereocenters. The summed E-state index contributed by atoms with van der Waals surface area (Å²) in [7, 11) is 0. The number of fused-ring (bicyclic) bond motifs is 1. The van der Waals surface area contributed by atoms with E-state index >= 15 is 0 Å². The molecule has 8 heteroatoms. The first-order valence-corrected chi connectivity index (χ1v) is 8.64. The Hall–Kier alpha value is -2.74. The summed E-state index contributed by atoms with van der Waals surface area (Å²) in [6.45, 7) is 6.79. The van der Waals surface area contributed by atoms with Crippen LogP contribution in [-0.2, 0) is 11.2 Å². The van der Waals surface area contributed by atoms with E-state index in [2.05, 4.69) is 20.6 Å².